The molecule has 0 aliphatic carbocycles. The molecule has 164 valence electrons. The standard InChI is InChI=1S/C23H25F3N4O/c1-3-5-8-16-11-13-17(14-12-16)28-22-27-15-18(23(24,25)26)21(30-22)29-19-9-6-7-10-20(19)31-4-2/h6-7,9-15H,3-5,8H2,1-2H3,(H2,27,28,29,30). The molecule has 1 heterocycles. The molecular weight excluding hydrogens is 405 g/mol. The van der Waals surface area contributed by atoms with Crippen molar-refractivity contribution < 1.29 is 17.9 Å². The van der Waals surface area contributed by atoms with E-state index >= 15 is 0 Å². The van der Waals surface area contributed by atoms with E-state index < -0.39 is 11.7 Å². The maximum Gasteiger partial charge on any atom is 0.421 e. The maximum atomic E-state index is 13.5. The summed E-state index contributed by atoms with van der Waals surface area (Å²) in [6, 6.07) is 14.5. The molecule has 0 atom stereocenters. The highest BCUT2D eigenvalue weighted by molar-refractivity contribution is 5.67. The Bertz CT molecular complexity index is 991. The molecule has 0 unspecified atom stereocenters. The van der Waals surface area contributed by atoms with Gasteiger partial charge in [0.15, 0.2) is 0 Å². The molecule has 0 aliphatic rings. The van der Waals surface area contributed by atoms with E-state index in [4.69, 9.17) is 4.74 Å². The minimum Gasteiger partial charge on any atom is -0.492 e. The van der Waals surface area contributed by atoms with Crippen LogP contribution in [0.15, 0.2) is 54.7 Å². The average molecular weight is 430 g/mol. The second-order valence-corrected chi connectivity index (χ2v) is 6.93. The lowest BCUT2D eigenvalue weighted by molar-refractivity contribution is -0.137. The number of hydrogen-bond donors (Lipinski definition) is 2. The Labute approximate surface area is 179 Å². The molecule has 0 saturated carbocycles. The van der Waals surface area contributed by atoms with E-state index in [1.807, 2.05) is 24.3 Å². The van der Waals surface area contributed by atoms with Crippen LogP contribution in [0.25, 0.3) is 0 Å². The SMILES string of the molecule is CCCCc1ccc(Nc2ncc(C(F)(F)F)c(Nc3ccccc3OCC)n2)cc1. The summed E-state index contributed by atoms with van der Waals surface area (Å²) in [5, 5.41) is 5.73. The monoisotopic (exact) mass is 430 g/mol. The largest absolute Gasteiger partial charge is 0.492 e. The van der Waals surface area contributed by atoms with Crippen LogP contribution >= 0.6 is 0 Å². The van der Waals surface area contributed by atoms with E-state index in [0.29, 0.717) is 23.7 Å². The summed E-state index contributed by atoms with van der Waals surface area (Å²) >= 11 is 0. The van der Waals surface area contributed by atoms with Gasteiger partial charge in [0.05, 0.1) is 12.3 Å². The molecule has 0 aliphatic heterocycles. The summed E-state index contributed by atoms with van der Waals surface area (Å²) in [6.45, 7) is 4.32. The zero-order valence-corrected chi connectivity index (χ0v) is 17.5. The summed E-state index contributed by atoms with van der Waals surface area (Å²) in [7, 11) is 0. The van der Waals surface area contributed by atoms with Gasteiger partial charge in [0.2, 0.25) is 5.95 Å². The third kappa shape index (κ3) is 6.10. The summed E-state index contributed by atoms with van der Waals surface area (Å²) < 4.78 is 46.1. The lowest BCUT2D eigenvalue weighted by Gasteiger charge is -2.16. The number of hydrogen-bond acceptors (Lipinski definition) is 5. The smallest absolute Gasteiger partial charge is 0.421 e. The Hall–Kier alpha value is -3.29. The highest BCUT2D eigenvalue weighted by Crippen LogP contribution is 2.37. The van der Waals surface area contributed by atoms with Crippen LogP contribution in [0.3, 0.4) is 0 Å². The van der Waals surface area contributed by atoms with E-state index in [0.717, 1.165) is 25.5 Å². The molecule has 5 nitrogen and oxygen atoms in total. The maximum absolute atomic E-state index is 13.5. The van der Waals surface area contributed by atoms with Crippen molar-refractivity contribution in [2.75, 3.05) is 17.2 Å². The molecule has 31 heavy (non-hydrogen) atoms. The Morgan fingerprint density at radius 2 is 1.71 bits per heavy atom. The molecule has 0 spiro atoms. The second kappa shape index (κ2) is 10.1. The van der Waals surface area contributed by atoms with Crippen LogP contribution in [-0.4, -0.2) is 16.6 Å². The van der Waals surface area contributed by atoms with E-state index in [1.165, 1.54) is 5.56 Å². The summed E-state index contributed by atoms with van der Waals surface area (Å²) in [4.78, 5) is 7.95. The van der Waals surface area contributed by atoms with Gasteiger partial charge in [-0.05, 0) is 49.6 Å². The van der Waals surface area contributed by atoms with Crippen molar-refractivity contribution in [1.82, 2.24) is 9.97 Å². The molecular formula is C23H25F3N4O. The third-order valence-electron chi connectivity index (χ3n) is 4.56. The summed E-state index contributed by atoms with van der Waals surface area (Å²) in [5.41, 5.74) is 1.33. The summed E-state index contributed by atoms with van der Waals surface area (Å²) in [6.07, 6.45) is -0.631. The van der Waals surface area contributed by atoms with Gasteiger partial charge >= 0.3 is 6.18 Å². The molecule has 0 bridgehead atoms. The van der Waals surface area contributed by atoms with Crippen molar-refractivity contribution in [1.29, 1.82) is 0 Å². The van der Waals surface area contributed by atoms with Gasteiger partial charge in [-0.2, -0.15) is 18.2 Å². The first kappa shape index (κ1) is 22.4. The molecule has 0 saturated heterocycles. The fraction of sp³-hybridized carbons (Fsp3) is 0.304. The van der Waals surface area contributed by atoms with E-state index in [-0.39, 0.29) is 11.8 Å². The van der Waals surface area contributed by atoms with Crippen LogP contribution in [0, 0.1) is 0 Å². The molecule has 2 aromatic carbocycles. The van der Waals surface area contributed by atoms with Gasteiger partial charge in [-0.1, -0.05) is 37.6 Å². The number of aromatic nitrogens is 2. The zero-order chi connectivity index (χ0) is 22.3. The number of aryl methyl sites for hydroxylation is 1. The lowest BCUT2D eigenvalue weighted by atomic mass is 10.1. The van der Waals surface area contributed by atoms with Gasteiger partial charge in [-0.3, -0.25) is 0 Å². The minimum atomic E-state index is -4.61. The normalized spacial score (nSPS) is 11.3. The van der Waals surface area contributed by atoms with Crippen molar-refractivity contribution in [2.24, 2.45) is 0 Å². The van der Waals surface area contributed by atoms with Gasteiger partial charge in [0, 0.05) is 11.9 Å². The van der Waals surface area contributed by atoms with Crippen molar-refractivity contribution in [3.8, 4) is 5.75 Å². The van der Waals surface area contributed by atoms with Crippen molar-refractivity contribution >= 4 is 23.1 Å². The first-order valence-electron chi connectivity index (χ1n) is 10.2. The first-order valence-corrected chi connectivity index (χ1v) is 10.2. The molecule has 3 aromatic rings. The Morgan fingerprint density at radius 3 is 2.39 bits per heavy atom. The zero-order valence-electron chi connectivity index (χ0n) is 17.5. The van der Waals surface area contributed by atoms with Gasteiger partial charge < -0.3 is 15.4 Å². The fourth-order valence-corrected chi connectivity index (χ4v) is 2.99. The Kier molecular flexibility index (Phi) is 7.33. The number of nitrogens with zero attached hydrogens (tertiary/aromatic N) is 2. The Morgan fingerprint density at radius 1 is 0.968 bits per heavy atom. The average Bonchev–Trinajstić information content (AvgIpc) is 2.74. The molecule has 2 N–H and O–H groups in total. The van der Waals surface area contributed by atoms with Crippen LogP contribution < -0.4 is 15.4 Å². The van der Waals surface area contributed by atoms with Crippen molar-refractivity contribution in [3.05, 3.63) is 65.9 Å². The number of nitrogens with one attached hydrogen (secondary N) is 2. The van der Waals surface area contributed by atoms with Gasteiger partial charge in [0.25, 0.3) is 0 Å². The van der Waals surface area contributed by atoms with Gasteiger partial charge in [-0.15, -0.1) is 0 Å². The predicted octanol–water partition coefficient (Wildman–Crippen LogP) is 6.72. The number of ether oxygens (including phenoxy) is 1. The number of alkyl halides is 3. The number of anilines is 4. The van der Waals surface area contributed by atoms with E-state index in [9.17, 15) is 13.2 Å². The number of unbranched alkanes of at least 4 members (excludes halogenated alkanes) is 1. The number of benzene rings is 2. The number of para-hydroxylation sites is 2. The predicted molar refractivity (Wildman–Crippen MR) is 116 cm³/mol. The highest BCUT2D eigenvalue weighted by Gasteiger charge is 2.35. The van der Waals surface area contributed by atoms with E-state index in [2.05, 4.69) is 27.5 Å². The quantitative estimate of drug-likeness (QED) is 0.394. The van der Waals surface area contributed by atoms with Crippen LogP contribution in [0.2, 0.25) is 0 Å². The molecule has 8 heteroatoms. The molecule has 1 aromatic heterocycles. The lowest BCUT2D eigenvalue weighted by Crippen LogP contribution is -2.13. The first-order chi connectivity index (χ1) is 14.9. The van der Waals surface area contributed by atoms with Crippen molar-refractivity contribution in [2.45, 2.75) is 39.3 Å². The van der Waals surface area contributed by atoms with Crippen LogP contribution in [-0.2, 0) is 12.6 Å². The van der Waals surface area contributed by atoms with E-state index in [1.54, 1.807) is 31.2 Å². The van der Waals surface area contributed by atoms with Gasteiger partial charge in [0.1, 0.15) is 17.1 Å². The third-order valence-corrected chi connectivity index (χ3v) is 4.56. The van der Waals surface area contributed by atoms with Crippen LogP contribution in [0.4, 0.5) is 36.3 Å². The molecule has 0 amide bonds. The summed E-state index contributed by atoms with van der Waals surface area (Å²) in [5.74, 6) is 0.149. The fourth-order valence-electron chi connectivity index (χ4n) is 2.99. The van der Waals surface area contributed by atoms with Crippen LogP contribution in [0.5, 0.6) is 5.75 Å². The second-order valence-electron chi connectivity index (χ2n) is 6.93. The number of rotatable bonds is 9. The van der Waals surface area contributed by atoms with Gasteiger partial charge in [-0.25, -0.2) is 4.98 Å². The Balaban J connectivity index is 1.87. The number of halogens is 3. The molecule has 3 rings (SSSR count). The van der Waals surface area contributed by atoms with Crippen LogP contribution in [0.1, 0.15) is 37.8 Å². The molecule has 0 fully saturated rings. The highest BCUT2D eigenvalue weighted by atomic mass is 19.4. The van der Waals surface area contributed by atoms with Crippen molar-refractivity contribution in [3.63, 3.8) is 0 Å². The topological polar surface area (TPSA) is 59.1 Å². The molecule has 0 radical (unpaired) electrons. The minimum absolute atomic E-state index is 0.0608.